The third-order valence-corrected chi connectivity index (χ3v) is 11.2. The van der Waals surface area contributed by atoms with E-state index in [9.17, 15) is 28.1 Å². The lowest BCUT2D eigenvalue weighted by molar-refractivity contribution is -0.131. The van der Waals surface area contributed by atoms with Crippen molar-refractivity contribution in [2.75, 3.05) is 63.0 Å². The highest BCUT2D eigenvalue weighted by Crippen LogP contribution is 2.37. The third-order valence-electron chi connectivity index (χ3n) is 7.79. The fraction of sp³-hybridized carbons (Fsp3) is 0.484. The first-order chi connectivity index (χ1) is 21.7. The topological polar surface area (TPSA) is 155 Å². The fourth-order valence-electron chi connectivity index (χ4n) is 5.43. The zero-order valence-electron chi connectivity index (χ0n) is 25.6. The quantitative estimate of drug-likeness (QED) is 0.278. The number of hydrogen-bond donors (Lipinski definition) is 3. The number of nitrogens with zero attached hydrogens (tertiary/aromatic N) is 4. The van der Waals surface area contributed by atoms with E-state index in [4.69, 9.17) is 0 Å². The van der Waals surface area contributed by atoms with Gasteiger partial charge in [-0.1, -0.05) is 24.3 Å². The smallest absolute Gasteiger partial charge is 0.243 e. The van der Waals surface area contributed by atoms with Gasteiger partial charge >= 0.3 is 0 Å². The number of rotatable bonds is 14. The molecule has 0 spiro atoms. The number of anilines is 2. The molecule has 0 saturated carbocycles. The number of piperazine rings is 1. The maximum Gasteiger partial charge on any atom is 0.243 e. The molecule has 2 aromatic carbocycles. The molecule has 0 aliphatic carbocycles. The van der Waals surface area contributed by atoms with Crippen molar-refractivity contribution in [2.24, 2.45) is 5.92 Å². The highest BCUT2D eigenvalue weighted by molar-refractivity contribution is 8.01. The molecule has 0 aromatic heterocycles. The zero-order chi connectivity index (χ0) is 32.4. The number of sulfonamides is 1. The molecule has 2 aromatic rings. The maximum absolute atomic E-state index is 13.0. The van der Waals surface area contributed by atoms with E-state index in [2.05, 4.69) is 22.0 Å². The molecule has 242 valence electrons. The van der Waals surface area contributed by atoms with Crippen molar-refractivity contribution in [3.8, 4) is 6.07 Å². The standard InChI is InChI=1S/C31H41N7O5S2/c1-3-33-30(40)23(21-32)19-29-38(4-2)31(41)27(44-29)13-14-34-24-9-8-10-25(20-24)35-28(39)22-36-15-17-37(18-16-36)45(42,43)26-11-6-5-7-12-26/h5-12,20,23,27,29,34H,3-4,13-19,22H2,1-2H3,(H,33,40)(H,35,39). The van der Waals surface area contributed by atoms with E-state index in [0.29, 0.717) is 64.3 Å². The van der Waals surface area contributed by atoms with Crippen LogP contribution < -0.4 is 16.0 Å². The first kappa shape index (κ1) is 34.2. The van der Waals surface area contributed by atoms with Crippen molar-refractivity contribution >= 4 is 50.9 Å². The van der Waals surface area contributed by atoms with Crippen LogP contribution in [0, 0.1) is 17.2 Å². The summed E-state index contributed by atoms with van der Waals surface area (Å²) in [6.07, 6.45) is 0.859. The molecule has 3 amide bonds. The van der Waals surface area contributed by atoms with Gasteiger partial charge in [0.15, 0.2) is 0 Å². The average molecular weight is 656 g/mol. The molecule has 2 aliphatic rings. The van der Waals surface area contributed by atoms with Gasteiger partial charge in [0, 0.05) is 63.6 Å². The van der Waals surface area contributed by atoms with Crippen molar-refractivity contribution in [1.29, 1.82) is 5.26 Å². The minimum Gasteiger partial charge on any atom is -0.385 e. The Morgan fingerprint density at radius 1 is 1.04 bits per heavy atom. The number of nitriles is 1. The van der Waals surface area contributed by atoms with E-state index >= 15 is 0 Å². The van der Waals surface area contributed by atoms with Gasteiger partial charge in [-0.3, -0.25) is 19.3 Å². The number of carbonyl (C=O) groups excluding carboxylic acids is 3. The summed E-state index contributed by atoms with van der Waals surface area (Å²) in [5.74, 6) is -1.28. The minimum absolute atomic E-state index is 0.0152. The molecule has 4 rings (SSSR count). The number of nitrogens with one attached hydrogen (secondary N) is 3. The normalized spacial score (nSPS) is 19.9. The summed E-state index contributed by atoms with van der Waals surface area (Å²) in [7, 11) is -3.55. The number of benzene rings is 2. The fourth-order valence-corrected chi connectivity index (χ4v) is 8.46. The summed E-state index contributed by atoms with van der Waals surface area (Å²) in [5, 5.41) is 17.9. The van der Waals surface area contributed by atoms with E-state index in [1.54, 1.807) is 48.2 Å². The minimum atomic E-state index is -3.55. The second-order valence-corrected chi connectivity index (χ2v) is 14.2. The summed E-state index contributed by atoms with van der Waals surface area (Å²) >= 11 is 1.50. The number of carbonyl (C=O) groups is 3. The van der Waals surface area contributed by atoms with E-state index < -0.39 is 15.9 Å². The van der Waals surface area contributed by atoms with Gasteiger partial charge < -0.3 is 20.9 Å². The molecule has 2 saturated heterocycles. The van der Waals surface area contributed by atoms with E-state index in [1.165, 1.54) is 16.1 Å². The SMILES string of the molecule is CCNC(=O)C(C#N)CC1SC(CCNc2cccc(NC(=O)CN3CCN(S(=O)(=O)c4ccccc4)CC3)c2)C(=O)N1CC. The van der Waals surface area contributed by atoms with E-state index in [-0.39, 0.29) is 39.8 Å². The van der Waals surface area contributed by atoms with Crippen molar-refractivity contribution in [1.82, 2.24) is 19.4 Å². The van der Waals surface area contributed by atoms with Crippen molar-refractivity contribution in [2.45, 2.75) is 42.2 Å². The van der Waals surface area contributed by atoms with Crippen LogP contribution in [0.4, 0.5) is 11.4 Å². The Kier molecular flexibility index (Phi) is 12.2. The highest BCUT2D eigenvalue weighted by Gasteiger charge is 2.40. The van der Waals surface area contributed by atoms with Gasteiger partial charge in [-0.05, 0) is 50.6 Å². The molecule has 45 heavy (non-hydrogen) atoms. The molecule has 0 radical (unpaired) electrons. The predicted octanol–water partition coefficient (Wildman–Crippen LogP) is 2.39. The Labute approximate surface area is 269 Å². The Hall–Kier alpha value is -3.64. The zero-order valence-corrected chi connectivity index (χ0v) is 27.3. The molecule has 2 aliphatic heterocycles. The molecule has 3 N–H and O–H groups in total. The molecular formula is C31H41N7O5S2. The van der Waals surface area contributed by atoms with Crippen LogP contribution in [0.3, 0.4) is 0 Å². The summed E-state index contributed by atoms with van der Waals surface area (Å²) in [5.41, 5.74) is 1.43. The van der Waals surface area contributed by atoms with Crippen LogP contribution in [-0.4, -0.2) is 103 Å². The van der Waals surface area contributed by atoms with Gasteiger partial charge in [-0.15, -0.1) is 11.8 Å². The lowest BCUT2D eigenvalue weighted by atomic mass is 10.1. The van der Waals surface area contributed by atoms with Crippen molar-refractivity contribution in [3.05, 3.63) is 54.6 Å². The summed E-state index contributed by atoms with van der Waals surface area (Å²) in [4.78, 5) is 42.0. The monoisotopic (exact) mass is 655 g/mol. The second kappa shape index (κ2) is 16.1. The van der Waals surface area contributed by atoms with Gasteiger partial charge in [0.2, 0.25) is 27.7 Å². The van der Waals surface area contributed by atoms with Crippen LogP contribution in [0.1, 0.15) is 26.7 Å². The number of thioether (sulfide) groups is 1. The van der Waals surface area contributed by atoms with Crippen LogP contribution in [0.15, 0.2) is 59.5 Å². The molecular weight excluding hydrogens is 615 g/mol. The van der Waals surface area contributed by atoms with Gasteiger partial charge in [0.25, 0.3) is 0 Å². The van der Waals surface area contributed by atoms with Crippen LogP contribution in [0.5, 0.6) is 0 Å². The lowest BCUT2D eigenvalue weighted by Gasteiger charge is -2.33. The van der Waals surface area contributed by atoms with Crippen molar-refractivity contribution in [3.63, 3.8) is 0 Å². The number of amides is 3. The van der Waals surface area contributed by atoms with Crippen LogP contribution in [0.2, 0.25) is 0 Å². The van der Waals surface area contributed by atoms with Gasteiger partial charge in [0.1, 0.15) is 5.92 Å². The summed E-state index contributed by atoms with van der Waals surface area (Å²) < 4.78 is 27.2. The van der Waals surface area contributed by atoms with Gasteiger partial charge in [0.05, 0.1) is 28.1 Å². The Bertz CT molecular complexity index is 1480. The van der Waals surface area contributed by atoms with Gasteiger partial charge in [-0.25, -0.2) is 8.42 Å². The van der Waals surface area contributed by atoms with Crippen LogP contribution in [-0.2, 0) is 24.4 Å². The van der Waals surface area contributed by atoms with Crippen LogP contribution >= 0.6 is 11.8 Å². The van der Waals surface area contributed by atoms with Crippen molar-refractivity contribution < 1.29 is 22.8 Å². The second-order valence-electron chi connectivity index (χ2n) is 10.9. The first-order valence-corrected chi connectivity index (χ1v) is 17.6. The molecule has 3 unspecified atom stereocenters. The lowest BCUT2D eigenvalue weighted by Crippen LogP contribution is -2.50. The largest absolute Gasteiger partial charge is 0.385 e. The molecule has 2 fully saturated rings. The Balaban J connectivity index is 1.22. The predicted molar refractivity (Wildman–Crippen MR) is 175 cm³/mol. The number of hydrogen-bond acceptors (Lipinski definition) is 9. The van der Waals surface area contributed by atoms with Crippen LogP contribution in [0.25, 0.3) is 0 Å². The molecule has 12 nitrogen and oxygen atoms in total. The summed E-state index contributed by atoms with van der Waals surface area (Å²) in [6, 6.07) is 17.8. The molecule has 3 atom stereocenters. The van der Waals surface area contributed by atoms with Gasteiger partial charge in [-0.2, -0.15) is 9.57 Å². The van der Waals surface area contributed by atoms with E-state index in [0.717, 1.165) is 5.69 Å². The van der Waals surface area contributed by atoms with E-state index in [1.807, 2.05) is 30.0 Å². The molecule has 14 heteroatoms. The molecule has 2 heterocycles. The summed E-state index contributed by atoms with van der Waals surface area (Å²) in [6.45, 7) is 6.89. The molecule has 0 bridgehead atoms. The highest BCUT2D eigenvalue weighted by atomic mass is 32.2. The third kappa shape index (κ3) is 8.97. The first-order valence-electron chi connectivity index (χ1n) is 15.2. The Morgan fingerprint density at radius 3 is 2.42 bits per heavy atom. The Morgan fingerprint density at radius 2 is 1.76 bits per heavy atom. The maximum atomic E-state index is 13.0. The average Bonchev–Trinajstić information content (AvgIpc) is 3.34.